The number of aliphatic carboxylic acids is 1. The number of aryl methyl sites for hydroxylation is 1. The van der Waals surface area contributed by atoms with Crippen molar-refractivity contribution in [2.45, 2.75) is 19.4 Å². The molecule has 0 aliphatic rings. The zero-order chi connectivity index (χ0) is 9.84. The second kappa shape index (κ2) is 7.45. The predicted octanol–water partition coefficient (Wildman–Crippen LogP) is 1.19. The molecule has 0 aliphatic heterocycles. The van der Waals surface area contributed by atoms with E-state index in [-0.39, 0.29) is 24.8 Å². The lowest BCUT2D eigenvalue weighted by atomic mass is 10.1. The van der Waals surface area contributed by atoms with Crippen molar-refractivity contribution in [2.24, 2.45) is 5.73 Å². The van der Waals surface area contributed by atoms with Crippen molar-refractivity contribution in [3.63, 3.8) is 0 Å². The van der Waals surface area contributed by atoms with Crippen LogP contribution in [0.25, 0.3) is 0 Å². The molecule has 0 saturated carbocycles. The average molecular weight is 253 g/mol. The Balaban J connectivity index is 0. The zero-order valence-electron chi connectivity index (χ0n) is 8.21. The first-order valence-corrected chi connectivity index (χ1v) is 3.98. The quantitative estimate of drug-likeness (QED) is 0.848. The number of hydrogen-bond donors (Lipinski definition) is 2. The Labute approximate surface area is 101 Å². The van der Waals surface area contributed by atoms with Crippen LogP contribution >= 0.6 is 24.8 Å². The first-order chi connectivity index (χ1) is 6.09. The van der Waals surface area contributed by atoms with Gasteiger partial charge in [0.2, 0.25) is 0 Å². The molecule has 0 aliphatic carbocycles. The van der Waals surface area contributed by atoms with Crippen LogP contribution in [0.2, 0.25) is 0 Å². The highest BCUT2D eigenvalue weighted by Crippen LogP contribution is 2.03. The summed E-state index contributed by atoms with van der Waals surface area (Å²) < 4.78 is 0. The topological polar surface area (TPSA) is 76.2 Å². The van der Waals surface area contributed by atoms with Gasteiger partial charge in [-0.15, -0.1) is 24.8 Å². The summed E-state index contributed by atoms with van der Waals surface area (Å²) in [6.07, 6.45) is 3.68. The number of carboxylic acids is 1. The lowest BCUT2D eigenvalue weighted by molar-refractivity contribution is -0.138. The molecule has 0 spiro atoms. The molecule has 0 amide bonds. The van der Waals surface area contributed by atoms with Crippen LogP contribution in [0.4, 0.5) is 0 Å². The van der Waals surface area contributed by atoms with Gasteiger partial charge in [0.05, 0.1) is 0 Å². The van der Waals surface area contributed by atoms with E-state index in [0.717, 1.165) is 11.1 Å². The number of pyridine rings is 1. The van der Waals surface area contributed by atoms with Gasteiger partial charge in [-0.1, -0.05) is 6.07 Å². The van der Waals surface area contributed by atoms with Crippen LogP contribution in [-0.2, 0) is 11.2 Å². The normalized spacial score (nSPS) is 10.8. The highest BCUT2D eigenvalue weighted by atomic mass is 35.5. The number of hydrogen-bond acceptors (Lipinski definition) is 3. The van der Waals surface area contributed by atoms with E-state index in [0.29, 0.717) is 6.42 Å². The van der Waals surface area contributed by atoms with Crippen molar-refractivity contribution in [3.05, 3.63) is 29.6 Å². The van der Waals surface area contributed by atoms with Crippen LogP contribution in [0.1, 0.15) is 11.1 Å². The molecular formula is C9H14Cl2N2O2. The first kappa shape index (κ1) is 16.6. The standard InChI is InChI=1S/C9H12N2O2.2ClH/c1-6-2-7(5-11-4-6)3-8(10)9(12)13;;/h2,4-5,8H,3,10H2,1H3,(H,12,13);2*1H/t8-;;/m0../s1. The van der Waals surface area contributed by atoms with Gasteiger partial charge in [-0.2, -0.15) is 0 Å². The minimum Gasteiger partial charge on any atom is -0.480 e. The second-order valence-corrected chi connectivity index (χ2v) is 3.02. The third-order valence-electron chi connectivity index (χ3n) is 1.70. The van der Waals surface area contributed by atoms with Gasteiger partial charge in [0.25, 0.3) is 0 Å². The van der Waals surface area contributed by atoms with Crippen molar-refractivity contribution in [2.75, 3.05) is 0 Å². The summed E-state index contributed by atoms with van der Waals surface area (Å²) in [7, 11) is 0. The van der Waals surface area contributed by atoms with Gasteiger partial charge in [0.15, 0.2) is 0 Å². The van der Waals surface area contributed by atoms with Crippen LogP contribution in [0.15, 0.2) is 18.5 Å². The first-order valence-electron chi connectivity index (χ1n) is 3.98. The summed E-state index contributed by atoms with van der Waals surface area (Å²) >= 11 is 0. The molecule has 86 valence electrons. The van der Waals surface area contributed by atoms with Gasteiger partial charge in [-0.25, -0.2) is 0 Å². The minimum absolute atomic E-state index is 0. The van der Waals surface area contributed by atoms with E-state index in [9.17, 15) is 4.79 Å². The summed E-state index contributed by atoms with van der Waals surface area (Å²) in [4.78, 5) is 14.4. The molecule has 0 saturated heterocycles. The lowest BCUT2D eigenvalue weighted by Gasteiger charge is -2.05. The lowest BCUT2D eigenvalue weighted by Crippen LogP contribution is -2.32. The molecule has 0 bridgehead atoms. The molecule has 1 atom stereocenters. The van der Waals surface area contributed by atoms with Gasteiger partial charge in [-0.3, -0.25) is 9.78 Å². The van der Waals surface area contributed by atoms with Crippen LogP contribution in [-0.4, -0.2) is 22.1 Å². The second-order valence-electron chi connectivity index (χ2n) is 3.02. The minimum atomic E-state index is -0.985. The number of aromatic nitrogens is 1. The van der Waals surface area contributed by atoms with E-state index in [1.165, 1.54) is 0 Å². The number of nitrogens with zero attached hydrogens (tertiary/aromatic N) is 1. The number of nitrogens with two attached hydrogens (primary N) is 1. The Kier molecular flexibility index (Phi) is 8.24. The molecule has 0 fully saturated rings. The molecule has 6 heteroatoms. The average Bonchev–Trinajstić information content (AvgIpc) is 2.04. The molecule has 1 aromatic heterocycles. The number of halogens is 2. The number of rotatable bonds is 3. The Morgan fingerprint density at radius 1 is 1.53 bits per heavy atom. The molecule has 15 heavy (non-hydrogen) atoms. The van der Waals surface area contributed by atoms with Crippen molar-refractivity contribution in [3.8, 4) is 0 Å². The van der Waals surface area contributed by atoms with Crippen LogP contribution in [0.3, 0.4) is 0 Å². The summed E-state index contributed by atoms with van der Waals surface area (Å²) in [5.41, 5.74) is 7.24. The van der Waals surface area contributed by atoms with Gasteiger partial charge in [0, 0.05) is 12.4 Å². The van der Waals surface area contributed by atoms with Crippen molar-refractivity contribution < 1.29 is 9.90 Å². The van der Waals surface area contributed by atoms with Crippen molar-refractivity contribution in [1.29, 1.82) is 0 Å². The van der Waals surface area contributed by atoms with Gasteiger partial charge < -0.3 is 10.8 Å². The summed E-state index contributed by atoms with van der Waals surface area (Å²) in [5, 5.41) is 8.57. The van der Waals surface area contributed by atoms with Gasteiger partial charge >= 0.3 is 5.97 Å². The number of carboxylic acid groups (broad SMARTS) is 1. The fourth-order valence-electron chi connectivity index (χ4n) is 1.07. The molecular weight excluding hydrogens is 239 g/mol. The number of carbonyl (C=O) groups is 1. The van der Waals surface area contributed by atoms with Crippen molar-refractivity contribution in [1.82, 2.24) is 4.98 Å². The zero-order valence-corrected chi connectivity index (χ0v) is 9.85. The van der Waals surface area contributed by atoms with Crippen LogP contribution in [0.5, 0.6) is 0 Å². The molecule has 0 unspecified atom stereocenters. The maximum absolute atomic E-state index is 10.4. The Morgan fingerprint density at radius 3 is 2.60 bits per heavy atom. The monoisotopic (exact) mass is 252 g/mol. The smallest absolute Gasteiger partial charge is 0.320 e. The maximum atomic E-state index is 10.4. The fraction of sp³-hybridized carbons (Fsp3) is 0.333. The molecule has 1 rings (SSSR count). The molecule has 0 aromatic carbocycles. The SMILES string of the molecule is Cc1cncc(C[C@H](N)C(=O)O)c1.Cl.Cl. The van der Waals surface area contributed by atoms with E-state index < -0.39 is 12.0 Å². The van der Waals surface area contributed by atoms with E-state index in [1.807, 2.05) is 13.0 Å². The summed E-state index contributed by atoms with van der Waals surface area (Å²) in [6, 6.07) is 1.04. The van der Waals surface area contributed by atoms with E-state index >= 15 is 0 Å². The Bertz CT molecular complexity index is 321. The largest absolute Gasteiger partial charge is 0.480 e. The maximum Gasteiger partial charge on any atom is 0.320 e. The summed E-state index contributed by atoms with van der Waals surface area (Å²) in [5.74, 6) is -0.985. The molecule has 1 heterocycles. The Hall–Kier alpha value is -0.840. The van der Waals surface area contributed by atoms with E-state index in [2.05, 4.69) is 4.98 Å². The fourth-order valence-corrected chi connectivity index (χ4v) is 1.07. The van der Waals surface area contributed by atoms with Gasteiger partial charge in [0.1, 0.15) is 6.04 Å². The molecule has 3 N–H and O–H groups in total. The molecule has 0 radical (unpaired) electrons. The molecule has 4 nitrogen and oxygen atoms in total. The van der Waals surface area contributed by atoms with Crippen LogP contribution < -0.4 is 5.73 Å². The van der Waals surface area contributed by atoms with Crippen molar-refractivity contribution >= 4 is 30.8 Å². The third kappa shape index (κ3) is 5.57. The Morgan fingerprint density at radius 2 is 2.13 bits per heavy atom. The van der Waals surface area contributed by atoms with Gasteiger partial charge in [-0.05, 0) is 24.5 Å². The van der Waals surface area contributed by atoms with Crippen LogP contribution in [0, 0.1) is 6.92 Å². The third-order valence-corrected chi connectivity index (χ3v) is 1.70. The summed E-state index contributed by atoms with van der Waals surface area (Å²) in [6.45, 7) is 1.91. The molecule has 1 aromatic rings. The van der Waals surface area contributed by atoms with E-state index in [1.54, 1.807) is 12.4 Å². The predicted molar refractivity (Wildman–Crippen MR) is 62.8 cm³/mol. The highest BCUT2D eigenvalue weighted by Gasteiger charge is 2.11. The van der Waals surface area contributed by atoms with E-state index in [4.69, 9.17) is 10.8 Å². The highest BCUT2D eigenvalue weighted by molar-refractivity contribution is 5.85.